The van der Waals surface area contributed by atoms with Crippen molar-refractivity contribution in [3.8, 4) is 0 Å². The average Bonchev–Trinajstić information content (AvgIpc) is 2.32. The van der Waals surface area contributed by atoms with Gasteiger partial charge < -0.3 is 0 Å². The van der Waals surface area contributed by atoms with Crippen molar-refractivity contribution in [2.45, 2.75) is 58.3 Å². The highest BCUT2D eigenvalue weighted by atomic mass is 14.3. The van der Waals surface area contributed by atoms with Gasteiger partial charge in [0, 0.05) is 0 Å². The fourth-order valence-corrected chi connectivity index (χ4v) is 3.76. The fourth-order valence-electron chi connectivity index (χ4n) is 3.76. The van der Waals surface area contributed by atoms with Crippen molar-refractivity contribution >= 4 is 0 Å². The van der Waals surface area contributed by atoms with Crippen molar-refractivity contribution in [2.75, 3.05) is 0 Å². The molecule has 91 valence electrons. The minimum Gasteiger partial charge on any atom is -0.103 e. The molecule has 0 heteroatoms. The molecule has 0 atom stereocenters. The van der Waals surface area contributed by atoms with Crippen molar-refractivity contribution in [3.63, 3.8) is 0 Å². The van der Waals surface area contributed by atoms with Gasteiger partial charge in [-0.3, -0.25) is 0 Å². The number of hydrogen-bond acceptors (Lipinski definition) is 0. The third-order valence-electron chi connectivity index (χ3n) is 4.95. The van der Waals surface area contributed by atoms with Crippen LogP contribution in [0.4, 0.5) is 0 Å². The first-order valence-corrected chi connectivity index (χ1v) is 7.25. The van der Waals surface area contributed by atoms with Gasteiger partial charge in [-0.05, 0) is 68.6 Å². The summed E-state index contributed by atoms with van der Waals surface area (Å²) in [5.41, 5.74) is 0. The summed E-state index contributed by atoms with van der Waals surface area (Å²) in [5, 5.41) is 0. The maximum atomic E-state index is 3.82. The predicted octanol–water partition coefficient (Wildman–Crippen LogP) is 5.01. The first-order chi connectivity index (χ1) is 7.79. The van der Waals surface area contributed by atoms with E-state index < -0.39 is 0 Å². The van der Waals surface area contributed by atoms with Crippen LogP contribution in [0.15, 0.2) is 12.7 Å². The summed E-state index contributed by atoms with van der Waals surface area (Å²) in [6.07, 6.45) is 16.1. The summed E-state index contributed by atoms with van der Waals surface area (Å²) in [5.74, 6) is 3.97. The molecule has 0 aromatic carbocycles. The molecule has 0 bridgehead atoms. The molecule has 2 rings (SSSR count). The summed E-state index contributed by atoms with van der Waals surface area (Å²) in [7, 11) is 0. The summed E-state index contributed by atoms with van der Waals surface area (Å²) in [4.78, 5) is 0. The van der Waals surface area contributed by atoms with Gasteiger partial charge in [-0.1, -0.05) is 25.8 Å². The lowest BCUT2D eigenvalue weighted by Gasteiger charge is -2.37. The lowest BCUT2D eigenvalue weighted by molar-refractivity contribution is 0.158. The van der Waals surface area contributed by atoms with Crippen LogP contribution in [0.1, 0.15) is 58.3 Å². The molecule has 0 amide bonds. The molecule has 0 aliphatic heterocycles. The number of hydrogen-bond donors (Lipinski definition) is 0. The Balaban J connectivity index is 1.74. The van der Waals surface area contributed by atoms with Crippen molar-refractivity contribution < 1.29 is 0 Å². The van der Waals surface area contributed by atoms with Gasteiger partial charge in [0.05, 0.1) is 0 Å². The Morgan fingerprint density at radius 3 is 1.81 bits per heavy atom. The van der Waals surface area contributed by atoms with Gasteiger partial charge in [0.2, 0.25) is 0 Å². The zero-order valence-corrected chi connectivity index (χ0v) is 10.8. The Morgan fingerprint density at radius 2 is 1.31 bits per heavy atom. The second-order valence-corrected chi connectivity index (χ2v) is 6.12. The molecule has 0 spiro atoms. The molecule has 2 saturated carbocycles. The molecule has 0 nitrogen and oxygen atoms in total. The first-order valence-electron chi connectivity index (χ1n) is 7.25. The predicted molar refractivity (Wildman–Crippen MR) is 71.1 cm³/mol. The van der Waals surface area contributed by atoms with Gasteiger partial charge in [0.25, 0.3) is 0 Å². The maximum Gasteiger partial charge on any atom is -0.0142 e. The van der Waals surface area contributed by atoms with Crippen LogP contribution in [0.2, 0.25) is 0 Å². The molecule has 0 unspecified atom stereocenters. The molecule has 0 saturated heterocycles. The van der Waals surface area contributed by atoms with E-state index >= 15 is 0 Å². The van der Waals surface area contributed by atoms with Crippen molar-refractivity contribution in [1.29, 1.82) is 0 Å². The Morgan fingerprint density at radius 1 is 0.812 bits per heavy atom. The van der Waals surface area contributed by atoms with E-state index in [9.17, 15) is 0 Å². The van der Waals surface area contributed by atoms with E-state index in [1.165, 1.54) is 51.4 Å². The van der Waals surface area contributed by atoms with Crippen LogP contribution in [0.3, 0.4) is 0 Å². The third kappa shape index (κ3) is 3.12. The van der Waals surface area contributed by atoms with Crippen molar-refractivity contribution in [2.24, 2.45) is 23.7 Å². The lowest BCUT2D eigenvalue weighted by atomic mass is 9.69. The van der Waals surface area contributed by atoms with E-state index in [0.29, 0.717) is 0 Å². The lowest BCUT2D eigenvalue weighted by Crippen LogP contribution is -2.25. The van der Waals surface area contributed by atoms with Gasteiger partial charge in [0.15, 0.2) is 0 Å². The Bertz CT molecular complexity index is 202. The van der Waals surface area contributed by atoms with Crippen LogP contribution >= 0.6 is 0 Å². The largest absolute Gasteiger partial charge is 0.103 e. The standard InChI is InChI=1S/C16H27/c1-3-4-14-7-11-16(12-8-14)15-9-5-13(2)6-10-15/h3-4,13-16H,1,5-12H2,2H3. The van der Waals surface area contributed by atoms with Crippen LogP contribution in [0, 0.1) is 30.1 Å². The zero-order chi connectivity index (χ0) is 11.4. The smallest absolute Gasteiger partial charge is 0.0142 e. The van der Waals surface area contributed by atoms with Gasteiger partial charge in [-0.2, -0.15) is 0 Å². The Kier molecular flexibility index (Phi) is 4.49. The molecule has 0 aromatic heterocycles. The molecular formula is C16H27. The van der Waals surface area contributed by atoms with E-state index in [2.05, 4.69) is 19.9 Å². The first kappa shape index (κ1) is 12.2. The molecule has 0 heterocycles. The van der Waals surface area contributed by atoms with Crippen LogP contribution in [0.25, 0.3) is 0 Å². The SMILES string of the molecule is C=C[CH]C1CCC(C2CCC(C)CC2)CC1. The highest BCUT2D eigenvalue weighted by Crippen LogP contribution is 2.41. The van der Waals surface area contributed by atoms with Crippen molar-refractivity contribution in [1.82, 2.24) is 0 Å². The van der Waals surface area contributed by atoms with Gasteiger partial charge in [-0.15, -0.1) is 6.58 Å². The molecule has 2 aliphatic carbocycles. The summed E-state index contributed by atoms with van der Waals surface area (Å²) < 4.78 is 0. The van der Waals surface area contributed by atoms with E-state index in [-0.39, 0.29) is 0 Å². The van der Waals surface area contributed by atoms with E-state index in [1.54, 1.807) is 0 Å². The highest BCUT2D eigenvalue weighted by molar-refractivity contribution is 4.95. The average molecular weight is 219 g/mol. The highest BCUT2D eigenvalue weighted by Gasteiger charge is 2.29. The molecule has 1 radical (unpaired) electrons. The number of rotatable bonds is 3. The van der Waals surface area contributed by atoms with Crippen LogP contribution in [0.5, 0.6) is 0 Å². The van der Waals surface area contributed by atoms with Crippen LogP contribution in [-0.4, -0.2) is 0 Å². The minimum absolute atomic E-state index is 0.844. The topological polar surface area (TPSA) is 0 Å². The summed E-state index contributed by atoms with van der Waals surface area (Å²) in [6, 6.07) is 0. The van der Waals surface area contributed by atoms with E-state index in [1.807, 2.05) is 6.08 Å². The third-order valence-corrected chi connectivity index (χ3v) is 4.95. The monoisotopic (exact) mass is 219 g/mol. The minimum atomic E-state index is 0.844. The van der Waals surface area contributed by atoms with Gasteiger partial charge >= 0.3 is 0 Å². The maximum absolute atomic E-state index is 3.82. The quantitative estimate of drug-likeness (QED) is 0.626. The molecule has 0 N–H and O–H groups in total. The molecule has 0 aromatic rings. The summed E-state index contributed by atoms with van der Waals surface area (Å²) in [6.45, 7) is 6.24. The van der Waals surface area contributed by atoms with Crippen molar-refractivity contribution in [3.05, 3.63) is 19.1 Å². The Hall–Kier alpha value is -0.260. The second-order valence-electron chi connectivity index (χ2n) is 6.12. The number of allylic oxidation sites excluding steroid dienone is 1. The summed E-state index contributed by atoms with van der Waals surface area (Å²) >= 11 is 0. The molecule has 16 heavy (non-hydrogen) atoms. The Labute approximate surface area is 102 Å². The fraction of sp³-hybridized carbons (Fsp3) is 0.812. The van der Waals surface area contributed by atoms with Crippen LogP contribution < -0.4 is 0 Å². The second kappa shape index (κ2) is 5.89. The normalized spacial score (nSPS) is 40.6. The van der Waals surface area contributed by atoms with Crippen LogP contribution in [-0.2, 0) is 0 Å². The van der Waals surface area contributed by atoms with E-state index in [4.69, 9.17) is 0 Å². The van der Waals surface area contributed by atoms with Gasteiger partial charge in [0.1, 0.15) is 0 Å². The zero-order valence-electron chi connectivity index (χ0n) is 10.8. The molecule has 2 aliphatic rings. The molecule has 2 fully saturated rings. The molecular weight excluding hydrogens is 192 g/mol. The van der Waals surface area contributed by atoms with Gasteiger partial charge in [-0.25, -0.2) is 0 Å². The van der Waals surface area contributed by atoms with E-state index in [0.717, 1.165) is 23.7 Å².